The van der Waals surface area contributed by atoms with Gasteiger partial charge >= 0.3 is 36.0 Å². The number of alkyl halides is 14. The third kappa shape index (κ3) is 4.91. The van der Waals surface area contributed by atoms with E-state index in [1.165, 1.54) is 0 Å². The first-order valence-electron chi connectivity index (χ1n) is 12.2. The molecular formula is C26H12Cl2F14N4. The Balaban J connectivity index is 1.92. The van der Waals surface area contributed by atoms with Crippen molar-refractivity contribution in [2.24, 2.45) is 0 Å². The van der Waals surface area contributed by atoms with Crippen LogP contribution in [0.3, 0.4) is 0 Å². The lowest BCUT2D eigenvalue weighted by atomic mass is 9.98. The van der Waals surface area contributed by atoms with Gasteiger partial charge in [0.15, 0.2) is 0 Å². The van der Waals surface area contributed by atoms with Gasteiger partial charge in [0.2, 0.25) is 0 Å². The Kier molecular flexibility index (Phi) is 7.55. The van der Waals surface area contributed by atoms with Gasteiger partial charge in [0.25, 0.3) is 0 Å². The van der Waals surface area contributed by atoms with Gasteiger partial charge in [-0.05, 0) is 48.5 Å². The molecule has 5 heterocycles. The highest BCUT2D eigenvalue weighted by Gasteiger charge is 2.75. The molecule has 0 radical (unpaired) electrons. The van der Waals surface area contributed by atoms with Crippen LogP contribution in [0.5, 0.6) is 0 Å². The average Bonchev–Trinajstić information content (AvgIpc) is 3.74. The van der Waals surface area contributed by atoms with Crippen molar-refractivity contribution in [3.05, 3.63) is 92.7 Å². The largest absolute Gasteiger partial charge is 0.460 e. The van der Waals surface area contributed by atoms with Gasteiger partial charge in [0.05, 0.1) is 65.4 Å². The third-order valence-electron chi connectivity index (χ3n) is 6.90. The summed E-state index contributed by atoms with van der Waals surface area (Å²) in [5, 5.41) is -4.42. The van der Waals surface area contributed by atoms with E-state index in [1.807, 2.05) is 0 Å². The zero-order valence-electron chi connectivity index (χ0n) is 21.7. The van der Waals surface area contributed by atoms with E-state index in [1.54, 1.807) is 0 Å². The van der Waals surface area contributed by atoms with Crippen molar-refractivity contribution in [2.75, 3.05) is 0 Å². The van der Waals surface area contributed by atoms with E-state index in [0.29, 0.717) is 24.3 Å². The lowest BCUT2D eigenvalue weighted by Crippen LogP contribution is -2.54. The van der Waals surface area contributed by atoms with Crippen molar-refractivity contribution in [3.8, 4) is 0 Å². The zero-order chi connectivity index (χ0) is 34.4. The average molecular weight is 717 g/mol. The van der Waals surface area contributed by atoms with Gasteiger partial charge in [-0.25, -0.2) is 0 Å². The number of halogens is 16. The van der Waals surface area contributed by atoms with Gasteiger partial charge in [0.1, 0.15) is 0 Å². The molecule has 1 aliphatic rings. The zero-order valence-corrected chi connectivity index (χ0v) is 23.2. The number of H-pyrrole nitrogens is 4. The molecule has 4 N–H and O–H groups in total. The molecule has 0 fully saturated rings. The Morgan fingerprint density at radius 3 is 0.957 bits per heavy atom. The Labute approximate surface area is 254 Å². The molecule has 0 aromatic carbocycles. The van der Waals surface area contributed by atoms with Crippen molar-refractivity contribution >= 4 is 44.4 Å². The fourth-order valence-electron chi connectivity index (χ4n) is 4.60. The molecule has 46 heavy (non-hydrogen) atoms. The van der Waals surface area contributed by atoms with Gasteiger partial charge in [-0.15, -0.1) is 0 Å². The van der Waals surface area contributed by atoms with Crippen LogP contribution in [0.25, 0.3) is 21.2 Å². The minimum absolute atomic E-state index is 0.506. The first-order valence-corrected chi connectivity index (χ1v) is 12.9. The highest BCUT2D eigenvalue weighted by Crippen LogP contribution is 2.52. The molecule has 4 nitrogen and oxygen atoms in total. The number of hydrogen-bond donors (Lipinski definition) is 4. The van der Waals surface area contributed by atoms with E-state index in [0.717, 1.165) is 24.3 Å². The molecule has 0 spiro atoms. The van der Waals surface area contributed by atoms with E-state index in [4.69, 9.17) is 23.2 Å². The van der Waals surface area contributed by atoms with Crippen molar-refractivity contribution < 1.29 is 61.5 Å². The van der Waals surface area contributed by atoms with Gasteiger partial charge in [-0.3, -0.25) is 0 Å². The number of aromatic amines is 4. The van der Waals surface area contributed by atoms with Gasteiger partial charge in [-0.2, -0.15) is 61.5 Å². The summed E-state index contributed by atoms with van der Waals surface area (Å²) >= 11 is 12.4. The van der Waals surface area contributed by atoms with Crippen LogP contribution in [0.1, 0.15) is 22.8 Å². The van der Waals surface area contributed by atoms with E-state index < -0.39 is 101 Å². The SMILES string of the molecule is FC(F)(F)C(F)(F)C(F)(F)C1=c2ccc([nH]2)=C(Cl)c2ccc([nH]2)C(C(F)(F)C(F)(F)C(F)(F)F)=c2ccc([nH]2)=C(Cl)c2ccc1[nH]2. The molecule has 5 rings (SSSR count). The Bertz CT molecular complexity index is 1920. The Hall–Kier alpha value is -3.80. The molecule has 4 aromatic heterocycles. The molecule has 4 aromatic rings. The second-order valence-electron chi connectivity index (χ2n) is 9.81. The number of nitrogens with one attached hydrogen (secondary N) is 4. The molecule has 0 saturated carbocycles. The van der Waals surface area contributed by atoms with E-state index >= 15 is 17.6 Å². The highest BCUT2D eigenvalue weighted by atomic mass is 35.5. The summed E-state index contributed by atoms with van der Waals surface area (Å²) in [4.78, 5) is 8.49. The van der Waals surface area contributed by atoms with Crippen LogP contribution in [0, 0.1) is 0 Å². The molecule has 1 aliphatic heterocycles. The molecule has 0 atom stereocenters. The standard InChI is InChI=1S/C26H12Cl2F14N4/c27-19-13-5-1-9(43-13)17(21(29,30)23(33,34)25(37,38)39)10-2-6-15(44-10)20(28)16-8-4-12(46-16)18(11-3-7-14(19)45-11)22(31,32)24(35,36)26(40,41)42/h1-8,43-46H. The molecule has 8 bridgehead atoms. The lowest BCUT2D eigenvalue weighted by Gasteiger charge is -2.29. The van der Waals surface area contributed by atoms with E-state index in [-0.39, 0.29) is 0 Å². The van der Waals surface area contributed by atoms with Crippen molar-refractivity contribution in [3.63, 3.8) is 0 Å². The molecule has 0 unspecified atom stereocenters. The summed E-state index contributed by atoms with van der Waals surface area (Å²) in [6.07, 6.45) is -13.5. The van der Waals surface area contributed by atoms with Crippen molar-refractivity contribution in [1.29, 1.82) is 0 Å². The van der Waals surface area contributed by atoms with Gasteiger partial charge in [0, 0.05) is 0 Å². The fourth-order valence-corrected chi connectivity index (χ4v) is 5.04. The van der Waals surface area contributed by atoms with Crippen LogP contribution in [-0.4, -0.2) is 56.0 Å². The first-order chi connectivity index (χ1) is 20.9. The number of fused-ring (bicyclic) bond motifs is 8. The monoisotopic (exact) mass is 716 g/mol. The minimum Gasteiger partial charge on any atom is -0.354 e. The Morgan fingerprint density at radius 2 is 0.652 bits per heavy atom. The maximum atomic E-state index is 15.2. The predicted octanol–water partition coefficient (Wildman–Crippen LogP) is 6.17. The van der Waals surface area contributed by atoms with Crippen LogP contribution in [-0.2, 0) is 0 Å². The topological polar surface area (TPSA) is 63.2 Å². The number of aromatic nitrogens is 4. The summed E-state index contributed by atoms with van der Waals surface area (Å²) in [5.41, 5.74) is -6.91. The molecule has 20 heteroatoms. The molecule has 248 valence electrons. The highest BCUT2D eigenvalue weighted by molar-refractivity contribution is 6.48. The summed E-state index contributed by atoms with van der Waals surface area (Å²) in [5.74, 6) is -25.2. The van der Waals surface area contributed by atoms with Gasteiger partial charge < -0.3 is 19.9 Å². The number of rotatable bonds is 4. The fraction of sp³-hybridized carbons (Fsp3) is 0.231. The summed E-state index contributed by atoms with van der Waals surface area (Å²) < 4.78 is 197. The normalized spacial score (nSPS) is 15.7. The quantitative estimate of drug-likeness (QED) is 0.183. The molecule has 0 amide bonds. The third-order valence-corrected chi connectivity index (χ3v) is 7.71. The summed E-state index contributed by atoms with van der Waals surface area (Å²) in [6.45, 7) is 0. The second-order valence-corrected chi connectivity index (χ2v) is 10.6. The number of hydrogen-bond acceptors (Lipinski definition) is 0. The maximum absolute atomic E-state index is 15.2. The van der Waals surface area contributed by atoms with E-state index in [9.17, 15) is 43.9 Å². The first kappa shape index (κ1) is 33.6. The predicted molar refractivity (Wildman–Crippen MR) is 135 cm³/mol. The van der Waals surface area contributed by atoms with Crippen LogP contribution < -0.4 is 21.4 Å². The minimum atomic E-state index is -6.74. The van der Waals surface area contributed by atoms with E-state index in [2.05, 4.69) is 19.9 Å². The van der Waals surface area contributed by atoms with Gasteiger partial charge in [-0.1, -0.05) is 23.2 Å². The van der Waals surface area contributed by atoms with Crippen molar-refractivity contribution in [1.82, 2.24) is 19.9 Å². The van der Waals surface area contributed by atoms with Crippen molar-refractivity contribution in [2.45, 2.75) is 36.0 Å². The van der Waals surface area contributed by atoms with Crippen LogP contribution >= 0.6 is 23.2 Å². The molecule has 0 aliphatic carbocycles. The molecule has 0 saturated heterocycles. The molecular weight excluding hydrogens is 705 g/mol. The Morgan fingerprint density at radius 1 is 0.370 bits per heavy atom. The maximum Gasteiger partial charge on any atom is 0.460 e. The summed E-state index contributed by atoms with van der Waals surface area (Å²) in [7, 11) is 0. The van der Waals surface area contributed by atoms with Crippen LogP contribution in [0.2, 0.25) is 0 Å². The van der Waals surface area contributed by atoms with Crippen LogP contribution in [0.15, 0.2) is 48.5 Å². The second kappa shape index (κ2) is 10.4. The smallest absolute Gasteiger partial charge is 0.354 e. The lowest BCUT2D eigenvalue weighted by molar-refractivity contribution is -0.339. The summed E-state index contributed by atoms with van der Waals surface area (Å²) in [6, 6.07) is 5.79. The van der Waals surface area contributed by atoms with Crippen LogP contribution in [0.4, 0.5) is 61.5 Å².